The second-order valence-corrected chi connectivity index (χ2v) is 7.41. The molecular formula is C20H23N5O2S. The lowest BCUT2D eigenvalue weighted by Gasteiger charge is -2.12. The van der Waals surface area contributed by atoms with Crippen molar-refractivity contribution in [2.75, 3.05) is 11.9 Å². The molecule has 0 spiro atoms. The Morgan fingerprint density at radius 1 is 1.14 bits per heavy atom. The van der Waals surface area contributed by atoms with Gasteiger partial charge in [0, 0.05) is 5.69 Å². The van der Waals surface area contributed by atoms with Crippen molar-refractivity contribution >= 4 is 23.4 Å². The van der Waals surface area contributed by atoms with Crippen LogP contribution < -0.4 is 10.1 Å². The maximum Gasteiger partial charge on any atom is 0.237 e. The van der Waals surface area contributed by atoms with Gasteiger partial charge in [-0.3, -0.25) is 4.79 Å². The van der Waals surface area contributed by atoms with Crippen LogP contribution in [-0.4, -0.2) is 38.0 Å². The molecule has 0 saturated heterocycles. The van der Waals surface area contributed by atoms with E-state index < -0.39 is 0 Å². The monoisotopic (exact) mass is 397 g/mol. The van der Waals surface area contributed by atoms with E-state index in [1.165, 1.54) is 17.3 Å². The zero-order valence-electron chi connectivity index (χ0n) is 16.1. The molecule has 0 aliphatic carbocycles. The van der Waals surface area contributed by atoms with Gasteiger partial charge in [-0.05, 0) is 72.7 Å². The van der Waals surface area contributed by atoms with E-state index in [4.69, 9.17) is 4.74 Å². The van der Waals surface area contributed by atoms with Crippen LogP contribution in [0.5, 0.6) is 5.75 Å². The van der Waals surface area contributed by atoms with Gasteiger partial charge in [0.25, 0.3) is 0 Å². The molecule has 1 atom stereocenters. The van der Waals surface area contributed by atoms with Crippen LogP contribution in [-0.2, 0) is 11.2 Å². The van der Waals surface area contributed by atoms with Crippen molar-refractivity contribution in [2.45, 2.75) is 37.6 Å². The largest absolute Gasteiger partial charge is 0.494 e. The summed E-state index contributed by atoms with van der Waals surface area (Å²) < 4.78 is 7.05. The first kappa shape index (κ1) is 19.9. The number of hydrogen-bond donors (Lipinski definition) is 1. The molecule has 0 aliphatic rings. The van der Waals surface area contributed by atoms with Crippen LogP contribution >= 0.6 is 11.8 Å². The van der Waals surface area contributed by atoms with Crippen molar-refractivity contribution in [3.8, 4) is 11.4 Å². The Morgan fingerprint density at radius 3 is 2.50 bits per heavy atom. The molecule has 8 heteroatoms. The molecule has 3 aromatic rings. The highest BCUT2D eigenvalue weighted by atomic mass is 32.2. The van der Waals surface area contributed by atoms with E-state index in [1.807, 2.05) is 62.4 Å². The van der Waals surface area contributed by atoms with Crippen LogP contribution in [0.25, 0.3) is 5.69 Å². The molecule has 3 rings (SSSR count). The van der Waals surface area contributed by atoms with Crippen molar-refractivity contribution in [3.63, 3.8) is 0 Å². The summed E-state index contributed by atoms with van der Waals surface area (Å²) in [7, 11) is 0. The summed E-state index contributed by atoms with van der Waals surface area (Å²) in [6.07, 6.45) is 0.972. The van der Waals surface area contributed by atoms with E-state index in [1.54, 1.807) is 4.68 Å². The minimum Gasteiger partial charge on any atom is -0.494 e. The van der Waals surface area contributed by atoms with Gasteiger partial charge in [0.1, 0.15) is 5.75 Å². The Balaban J connectivity index is 1.65. The van der Waals surface area contributed by atoms with Crippen molar-refractivity contribution in [1.29, 1.82) is 0 Å². The minimum atomic E-state index is -0.369. The Kier molecular flexibility index (Phi) is 6.65. The number of nitrogens with one attached hydrogen (secondary N) is 1. The van der Waals surface area contributed by atoms with Gasteiger partial charge in [0.2, 0.25) is 11.1 Å². The lowest BCUT2D eigenvalue weighted by atomic mass is 10.1. The molecule has 0 unspecified atom stereocenters. The highest BCUT2D eigenvalue weighted by molar-refractivity contribution is 8.00. The van der Waals surface area contributed by atoms with E-state index >= 15 is 0 Å². The Hall–Kier alpha value is -2.87. The Bertz CT molecular complexity index is 909. The highest BCUT2D eigenvalue weighted by Gasteiger charge is 2.19. The van der Waals surface area contributed by atoms with E-state index in [2.05, 4.69) is 27.8 Å². The normalized spacial score (nSPS) is 11.8. The van der Waals surface area contributed by atoms with Crippen molar-refractivity contribution in [2.24, 2.45) is 0 Å². The lowest BCUT2D eigenvalue weighted by molar-refractivity contribution is -0.115. The average molecular weight is 398 g/mol. The number of anilines is 1. The molecule has 0 radical (unpaired) electrons. The summed E-state index contributed by atoms with van der Waals surface area (Å²) in [6.45, 7) is 6.47. The van der Waals surface area contributed by atoms with Gasteiger partial charge in [-0.1, -0.05) is 30.8 Å². The summed E-state index contributed by atoms with van der Waals surface area (Å²) in [5, 5.41) is 15.0. The summed E-state index contributed by atoms with van der Waals surface area (Å²) in [5.41, 5.74) is 2.83. The Morgan fingerprint density at radius 2 is 1.86 bits per heavy atom. The summed E-state index contributed by atoms with van der Waals surface area (Å²) in [4.78, 5) is 12.5. The lowest BCUT2D eigenvalue weighted by Crippen LogP contribution is -2.22. The van der Waals surface area contributed by atoms with E-state index in [-0.39, 0.29) is 11.2 Å². The van der Waals surface area contributed by atoms with Gasteiger partial charge in [0.15, 0.2) is 0 Å². The number of carbonyl (C=O) groups excluding carboxylic acids is 1. The standard InChI is InChI=1S/C20H23N5O2S/c1-4-15-6-10-17(11-7-15)25-20(22-23-24-25)28-14(3)19(26)21-16-8-12-18(13-9-16)27-5-2/h6-14H,4-5H2,1-3H3,(H,21,26)/t14-/m0/s1. The second-order valence-electron chi connectivity index (χ2n) is 6.10. The molecule has 0 bridgehead atoms. The first-order valence-corrected chi connectivity index (χ1v) is 10.1. The van der Waals surface area contributed by atoms with Crippen LogP contribution in [0, 0.1) is 0 Å². The Labute approximate surface area is 168 Å². The summed E-state index contributed by atoms with van der Waals surface area (Å²) in [5.74, 6) is 0.654. The van der Waals surface area contributed by atoms with Crippen LogP contribution in [0.2, 0.25) is 0 Å². The number of hydrogen-bond acceptors (Lipinski definition) is 6. The third-order valence-electron chi connectivity index (χ3n) is 4.11. The SMILES string of the molecule is CCOc1ccc(NC(=O)[C@H](C)Sc2nnnn2-c2ccc(CC)cc2)cc1. The van der Waals surface area contributed by atoms with Crippen molar-refractivity contribution in [1.82, 2.24) is 20.2 Å². The maximum absolute atomic E-state index is 12.5. The number of aryl methyl sites for hydroxylation is 1. The van der Waals surface area contributed by atoms with Gasteiger partial charge < -0.3 is 10.1 Å². The molecule has 7 nitrogen and oxygen atoms in total. The highest BCUT2D eigenvalue weighted by Crippen LogP contribution is 2.24. The van der Waals surface area contributed by atoms with Crippen LogP contribution in [0.15, 0.2) is 53.7 Å². The molecule has 28 heavy (non-hydrogen) atoms. The zero-order valence-corrected chi connectivity index (χ0v) is 16.9. The number of amides is 1. The third kappa shape index (κ3) is 4.89. The number of ether oxygens (including phenoxy) is 1. The molecule has 0 aliphatic heterocycles. The average Bonchev–Trinajstić information content (AvgIpc) is 3.17. The van der Waals surface area contributed by atoms with Crippen molar-refractivity contribution < 1.29 is 9.53 Å². The van der Waals surface area contributed by atoms with E-state index in [0.717, 1.165) is 23.5 Å². The summed E-state index contributed by atoms with van der Waals surface area (Å²) >= 11 is 1.31. The van der Waals surface area contributed by atoms with Gasteiger partial charge in [0.05, 0.1) is 17.5 Å². The first-order chi connectivity index (χ1) is 13.6. The number of benzene rings is 2. The molecule has 1 heterocycles. The molecular weight excluding hydrogens is 374 g/mol. The number of tetrazole rings is 1. The van der Waals surface area contributed by atoms with Gasteiger partial charge in [-0.25, -0.2) is 0 Å². The van der Waals surface area contributed by atoms with Gasteiger partial charge in [-0.2, -0.15) is 4.68 Å². The molecule has 2 aromatic carbocycles. The predicted octanol–water partition coefficient (Wildman–Crippen LogP) is 3.74. The first-order valence-electron chi connectivity index (χ1n) is 9.18. The molecule has 0 saturated carbocycles. The summed E-state index contributed by atoms with van der Waals surface area (Å²) in [6, 6.07) is 15.4. The molecule has 0 fully saturated rings. The minimum absolute atomic E-state index is 0.120. The maximum atomic E-state index is 12.5. The fourth-order valence-electron chi connectivity index (χ4n) is 2.54. The number of carbonyl (C=O) groups is 1. The van der Waals surface area contributed by atoms with Crippen molar-refractivity contribution in [3.05, 3.63) is 54.1 Å². The number of aromatic nitrogens is 4. The fourth-order valence-corrected chi connectivity index (χ4v) is 3.35. The quantitative estimate of drug-likeness (QED) is 0.583. The predicted molar refractivity (Wildman–Crippen MR) is 110 cm³/mol. The molecule has 1 N–H and O–H groups in total. The van der Waals surface area contributed by atoms with Crippen LogP contribution in [0.1, 0.15) is 26.3 Å². The topological polar surface area (TPSA) is 81.9 Å². The number of nitrogens with zero attached hydrogens (tertiary/aromatic N) is 4. The smallest absolute Gasteiger partial charge is 0.237 e. The molecule has 1 aromatic heterocycles. The molecule has 146 valence electrons. The van der Waals surface area contributed by atoms with Gasteiger partial charge >= 0.3 is 0 Å². The fraction of sp³-hybridized carbons (Fsp3) is 0.300. The number of thioether (sulfide) groups is 1. The van der Waals surface area contributed by atoms with Crippen LogP contribution in [0.4, 0.5) is 5.69 Å². The van der Waals surface area contributed by atoms with E-state index in [9.17, 15) is 4.79 Å². The van der Waals surface area contributed by atoms with E-state index in [0.29, 0.717) is 11.8 Å². The number of rotatable bonds is 8. The third-order valence-corrected chi connectivity index (χ3v) is 5.15. The molecule has 1 amide bonds. The van der Waals surface area contributed by atoms with Crippen LogP contribution in [0.3, 0.4) is 0 Å². The second kappa shape index (κ2) is 9.36. The zero-order chi connectivity index (χ0) is 19.9. The van der Waals surface area contributed by atoms with Gasteiger partial charge in [-0.15, -0.1) is 5.10 Å².